The predicted molar refractivity (Wildman–Crippen MR) is 97.2 cm³/mol. The number of piperidine rings is 1. The number of aromatic nitrogens is 5. The normalized spacial score (nSPS) is 15.1. The molecule has 1 aliphatic rings. The number of pyridine rings is 1. The van der Waals surface area contributed by atoms with Gasteiger partial charge in [0.2, 0.25) is 11.9 Å². The average molecular weight is 386 g/mol. The summed E-state index contributed by atoms with van der Waals surface area (Å²) < 4.78 is 21.5. The quantitative estimate of drug-likeness (QED) is 0.614. The highest BCUT2D eigenvalue weighted by Crippen LogP contribution is 2.18. The van der Waals surface area contributed by atoms with Gasteiger partial charge < -0.3 is 9.64 Å². The number of carbonyl (C=O) groups excluding carboxylic acids is 1. The van der Waals surface area contributed by atoms with E-state index >= 15 is 0 Å². The minimum absolute atomic E-state index is 0.0626. The molecular formula is C18H19FN6O3. The van der Waals surface area contributed by atoms with Crippen molar-refractivity contribution in [1.82, 2.24) is 29.2 Å². The first-order valence-corrected chi connectivity index (χ1v) is 8.94. The number of carbonyl (C=O) groups is 1. The second kappa shape index (κ2) is 7.37. The highest BCUT2D eigenvalue weighted by atomic mass is 19.1. The lowest BCUT2D eigenvalue weighted by Crippen LogP contribution is -2.44. The predicted octanol–water partition coefficient (Wildman–Crippen LogP) is 0.734. The molecule has 0 aliphatic carbocycles. The van der Waals surface area contributed by atoms with Crippen molar-refractivity contribution in [3.63, 3.8) is 0 Å². The van der Waals surface area contributed by atoms with Crippen molar-refractivity contribution in [3.8, 4) is 5.75 Å². The Morgan fingerprint density at radius 1 is 1.25 bits per heavy atom. The fourth-order valence-electron chi connectivity index (χ4n) is 3.27. The number of hydrogen-bond acceptors (Lipinski definition) is 6. The van der Waals surface area contributed by atoms with Crippen LogP contribution in [0.15, 0.2) is 35.6 Å². The van der Waals surface area contributed by atoms with E-state index < -0.39 is 5.95 Å². The van der Waals surface area contributed by atoms with E-state index in [9.17, 15) is 14.0 Å². The molecule has 3 aromatic heterocycles. The Bertz CT molecular complexity index is 1050. The number of rotatable bonds is 4. The topological polar surface area (TPSA) is 95.1 Å². The van der Waals surface area contributed by atoms with Gasteiger partial charge >= 0.3 is 0 Å². The van der Waals surface area contributed by atoms with Crippen molar-refractivity contribution in [3.05, 3.63) is 47.2 Å². The van der Waals surface area contributed by atoms with E-state index in [1.165, 1.54) is 40.1 Å². The Morgan fingerprint density at radius 2 is 2.04 bits per heavy atom. The molecule has 146 valence electrons. The van der Waals surface area contributed by atoms with Gasteiger partial charge in [-0.2, -0.15) is 9.49 Å². The van der Waals surface area contributed by atoms with Crippen LogP contribution in [0, 0.1) is 5.95 Å². The maximum absolute atomic E-state index is 12.9. The third kappa shape index (κ3) is 3.57. The lowest BCUT2D eigenvalue weighted by molar-refractivity contribution is -0.133. The minimum atomic E-state index is -0.554. The number of nitrogens with zero attached hydrogens (tertiary/aromatic N) is 6. The molecule has 4 rings (SSSR count). The highest BCUT2D eigenvalue weighted by molar-refractivity contribution is 5.77. The van der Waals surface area contributed by atoms with Crippen molar-refractivity contribution in [2.75, 3.05) is 13.1 Å². The van der Waals surface area contributed by atoms with Crippen LogP contribution in [0.25, 0.3) is 11.0 Å². The monoisotopic (exact) mass is 386 g/mol. The standard InChI is InChI=1S/C18H19FN6O3/c1-23-17-14(9-22-23)18(27)25(11-21-17)10-16(26)24-6-4-12(5-7-24)28-13-2-3-15(19)20-8-13/h2-3,8-9,11-12H,4-7,10H2,1H3. The molecule has 0 aromatic carbocycles. The molecular weight excluding hydrogens is 367 g/mol. The number of amides is 1. The van der Waals surface area contributed by atoms with E-state index in [2.05, 4.69) is 15.1 Å². The first-order valence-electron chi connectivity index (χ1n) is 8.94. The molecule has 1 amide bonds. The van der Waals surface area contributed by atoms with Crippen LogP contribution in [0.3, 0.4) is 0 Å². The van der Waals surface area contributed by atoms with E-state index in [1.807, 2.05) is 0 Å². The largest absolute Gasteiger partial charge is 0.489 e. The average Bonchev–Trinajstić information content (AvgIpc) is 3.08. The fourth-order valence-corrected chi connectivity index (χ4v) is 3.27. The smallest absolute Gasteiger partial charge is 0.264 e. The molecule has 4 heterocycles. The van der Waals surface area contributed by atoms with Crippen LogP contribution in [0.1, 0.15) is 12.8 Å². The summed E-state index contributed by atoms with van der Waals surface area (Å²) in [6.45, 7) is 0.981. The molecule has 10 heteroatoms. The lowest BCUT2D eigenvalue weighted by Gasteiger charge is -2.32. The Labute approximate surface area is 159 Å². The van der Waals surface area contributed by atoms with Crippen molar-refractivity contribution in [2.45, 2.75) is 25.5 Å². The Balaban J connectivity index is 1.36. The highest BCUT2D eigenvalue weighted by Gasteiger charge is 2.24. The number of fused-ring (bicyclic) bond motifs is 1. The maximum atomic E-state index is 12.9. The Hall–Kier alpha value is -3.30. The fraction of sp³-hybridized carbons (Fsp3) is 0.389. The van der Waals surface area contributed by atoms with Crippen LogP contribution in [0.2, 0.25) is 0 Å². The Morgan fingerprint density at radius 3 is 2.75 bits per heavy atom. The molecule has 0 spiro atoms. The third-order valence-corrected chi connectivity index (χ3v) is 4.82. The van der Waals surface area contributed by atoms with Crippen LogP contribution in [-0.2, 0) is 18.4 Å². The van der Waals surface area contributed by atoms with Crippen LogP contribution < -0.4 is 10.3 Å². The van der Waals surface area contributed by atoms with Gasteiger partial charge in [0, 0.05) is 33.0 Å². The summed E-state index contributed by atoms with van der Waals surface area (Å²) in [7, 11) is 1.71. The van der Waals surface area contributed by atoms with Crippen molar-refractivity contribution in [1.29, 1.82) is 0 Å². The van der Waals surface area contributed by atoms with Crippen LogP contribution in [0.5, 0.6) is 5.75 Å². The molecule has 0 radical (unpaired) electrons. The summed E-state index contributed by atoms with van der Waals surface area (Å²) in [5.41, 5.74) is 0.204. The third-order valence-electron chi connectivity index (χ3n) is 4.82. The van der Waals surface area contributed by atoms with Crippen LogP contribution in [0.4, 0.5) is 4.39 Å². The number of hydrogen-bond donors (Lipinski definition) is 0. The first-order chi connectivity index (χ1) is 13.5. The summed E-state index contributed by atoms with van der Waals surface area (Å²) in [4.78, 5) is 34.6. The second-order valence-corrected chi connectivity index (χ2v) is 6.70. The van der Waals surface area contributed by atoms with Crippen LogP contribution >= 0.6 is 0 Å². The zero-order chi connectivity index (χ0) is 19.7. The van der Waals surface area contributed by atoms with Gasteiger partial charge in [0.25, 0.3) is 5.56 Å². The number of likely N-dealkylation sites (tertiary alicyclic amines) is 1. The molecule has 0 N–H and O–H groups in total. The lowest BCUT2D eigenvalue weighted by atomic mass is 10.1. The first kappa shape index (κ1) is 18.1. The van der Waals surface area contributed by atoms with E-state index in [1.54, 1.807) is 11.9 Å². The number of aryl methyl sites for hydroxylation is 1. The number of halogens is 1. The Kier molecular flexibility index (Phi) is 4.76. The molecule has 1 saturated heterocycles. The molecule has 9 nitrogen and oxygen atoms in total. The van der Waals surface area contributed by atoms with Gasteiger partial charge in [-0.3, -0.25) is 18.8 Å². The summed E-state index contributed by atoms with van der Waals surface area (Å²) in [6, 6.07) is 2.78. The maximum Gasteiger partial charge on any atom is 0.264 e. The molecule has 0 bridgehead atoms. The molecule has 1 aliphatic heterocycles. The van der Waals surface area contributed by atoms with Gasteiger partial charge in [-0.05, 0) is 12.1 Å². The van der Waals surface area contributed by atoms with Gasteiger partial charge in [-0.25, -0.2) is 9.97 Å². The van der Waals surface area contributed by atoms with Crippen molar-refractivity contribution in [2.24, 2.45) is 7.05 Å². The van der Waals surface area contributed by atoms with Gasteiger partial charge in [-0.1, -0.05) is 0 Å². The molecule has 1 fully saturated rings. The zero-order valence-electron chi connectivity index (χ0n) is 15.3. The summed E-state index contributed by atoms with van der Waals surface area (Å²) in [5, 5.41) is 4.41. The summed E-state index contributed by atoms with van der Waals surface area (Å²) in [5.74, 6) is -0.190. The number of ether oxygens (including phenoxy) is 1. The van der Waals surface area contributed by atoms with Gasteiger partial charge in [0.05, 0.1) is 12.4 Å². The van der Waals surface area contributed by atoms with Crippen LogP contribution in [-0.4, -0.2) is 54.3 Å². The van der Waals surface area contributed by atoms with Gasteiger partial charge in [-0.15, -0.1) is 0 Å². The van der Waals surface area contributed by atoms with E-state index in [0.29, 0.717) is 42.7 Å². The molecule has 0 saturated carbocycles. The summed E-state index contributed by atoms with van der Waals surface area (Å²) >= 11 is 0. The van der Waals surface area contributed by atoms with E-state index in [0.717, 1.165) is 0 Å². The van der Waals surface area contributed by atoms with Gasteiger partial charge in [0.15, 0.2) is 5.65 Å². The van der Waals surface area contributed by atoms with Crippen molar-refractivity contribution < 1.29 is 13.9 Å². The zero-order valence-corrected chi connectivity index (χ0v) is 15.3. The molecule has 3 aromatic rings. The summed E-state index contributed by atoms with van der Waals surface area (Å²) in [6.07, 6.45) is 5.42. The molecule has 0 atom stereocenters. The second-order valence-electron chi connectivity index (χ2n) is 6.70. The minimum Gasteiger partial charge on any atom is -0.489 e. The van der Waals surface area contributed by atoms with E-state index in [-0.39, 0.29) is 24.1 Å². The molecule has 0 unspecified atom stereocenters. The molecule has 28 heavy (non-hydrogen) atoms. The van der Waals surface area contributed by atoms with Crippen molar-refractivity contribution >= 4 is 16.9 Å². The van der Waals surface area contributed by atoms with Gasteiger partial charge in [0.1, 0.15) is 30.1 Å². The van der Waals surface area contributed by atoms with E-state index in [4.69, 9.17) is 4.74 Å². The SMILES string of the molecule is Cn1ncc2c(=O)n(CC(=O)N3CCC(Oc4ccc(F)nc4)CC3)cnc21.